The van der Waals surface area contributed by atoms with Crippen molar-refractivity contribution in [2.24, 2.45) is 0 Å². The number of alkyl halides is 2. The second-order valence-electron chi connectivity index (χ2n) is 5.56. The number of halogens is 2. The minimum absolute atomic E-state index is 0.0677. The van der Waals surface area contributed by atoms with Crippen LogP contribution in [0.3, 0.4) is 0 Å². The Hall–Kier alpha value is -3.69. The lowest BCUT2D eigenvalue weighted by molar-refractivity contribution is -0.114. The molecular formula is C19H18F2N2O6. The van der Waals surface area contributed by atoms with Gasteiger partial charge in [-0.1, -0.05) is 12.1 Å². The SMILES string of the molecule is COC(=O)c1cc(NCC(=O)Nc2ccccc2OC(F)F)cc(C(=O)OC)c1. The smallest absolute Gasteiger partial charge is 0.387 e. The topological polar surface area (TPSA) is 103 Å². The maximum absolute atomic E-state index is 12.4. The van der Waals surface area contributed by atoms with Gasteiger partial charge in [0.05, 0.1) is 37.6 Å². The Bertz CT molecular complexity index is 870. The van der Waals surface area contributed by atoms with Crippen LogP contribution >= 0.6 is 0 Å². The lowest BCUT2D eigenvalue weighted by atomic mass is 10.1. The Kier molecular flexibility index (Phi) is 7.47. The Morgan fingerprint density at radius 3 is 2.10 bits per heavy atom. The minimum atomic E-state index is -3.04. The molecule has 0 fully saturated rings. The number of para-hydroxylation sites is 2. The molecule has 0 aliphatic rings. The van der Waals surface area contributed by atoms with Crippen molar-refractivity contribution in [2.75, 3.05) is 31.4 Å². The highest BCUT2D eigenvalue weighted by Gasteiger charge is 2.15. The Morgan fingerprint density at radius 2 is 1.55 bits per heavy atom. The summed E-state index contributed by atoms with van der Waals surface area (Å²) in [6, 6.07) is 9.79. The zero-order valence-electron chi connectivity index (χ0n) is 15.5. The number of carbonyl (C=O) groups is 3. The number of nitrogens with one attached hydrogen (secondary N) is 2. The summed E-state index contributed by atoms with van der Waals surface area (Å²) in [6.07, 6.45) is 0. The fraction of sp³-hybridized carbons (Fsp3) is 0.211. The van der Waals surface area contributed by atoms with E-state index in [1.165, 1.54) is 50.6 Å². The van der Waals surface area contributed by atoms with Crippen molar-refractivity contribution in [1.82, 2.24) is 0 Å². The quantitative estimate of drug-likeness (QED) is 0.648. The molecule has 0 saturated carbocycles. The molecule has 0 aromatic heterocycles. The van der Waals surface area contributed by atoms with E-state index < -0.39 is 24.5 Å². The molecule has 154 valence electrons. The van der Waals surface area contributed by atoms with Crippen LogP contribution < -0.4 is 15.4 Å². The van der Waals surface area contributed by atoms with Crippen LogP contribution in [0.5, 0.6) is 5.75 Å². The van der Waals surface area contributed by atoms with Crippen LogP contribution in [0.25, 0.3) is 0 Å². The van der Waals surface area contributed by atoms with E-state index in [1.807, 2.05) is 0 Å². The Balaban J connectivity index is 2.12. The molecule has 2 aromatic carbocycles. The van der Waals surface area contributed by atoms with Gasteiger partial charge in [-0.3, -0.25) is 4.79 Å². The van der Waals surface area contributed by atoms with Gasteiger partial charge in [-0.2, -0.15) is 8.78 Å². The third-order valence-electron chi connectivity index (χ3n) is 3.61. The van der Waals surface area contributed by atoms with E-state index in [-0.39, 0.29) is 34.8 Å². The minimum Gasteiger partial charge on any atom is -0.465 e. The van der Waals surface area contributed by atoms with Crippen LogP contribution in [0, 0.1) is 0 Å². The van der Waals surface area contributed by atoms with Crippen molar-refractivity contribution in [3.05, 3.63) is 53.6 Å². The standard InChI is InChI=1S/C19H18F2N2O6/c1-27-17(25)11-7-12(18(26)28-2)9-13(8-11)22-10-16(24)23-14-5-3-4-6-15(14)29-19(20)21/h3-9,19,22H,10H2,1-2H3,(H,23,24). The molecule has 0 aliphatic carbocycles. The van der Waals surface area contributed by atoms with Gasteiger partial charge in [-0.15, -0.1) is 0 Å². The number of amides is 1. The second-order valence-corrected chi connectivity index (χ2v) is 5.56. The predicted octanol–water partition coefficient (Wildman–Crippen LogP) is 2.91. The molecule has 2 rings (SSSR count). The number of anilines is 2. The number of esters is 2. The van der Waals surface area contributed by atoms with E-state index >= 15 is 0 Å². The number of hydrogen-bond acceptors (Lipinski definition) is 7. The number of methoxy groups -OCH3 is 2. The Labute approximate surface area is 164 Å². The van der Waals surface area contributed by atoms with E-state index in [4.69, 9.17) is 0 Å². The van der Waals surface area contributed by atoms with Gasteiger partial charge in [0.1, 0.15) is 5.75 Å². The summed E-state index contributed by atoms with van der Waals surface area (Å²) in [5.41, 5.74) is 0.502. The molecular weight excluding hydrogens is 390 g/mol. The highest BCUT2D eigenvalue weighted by atomic mass is 19.3. The molecule has 0 unspecified atom stereocenters. The fourth-order valence-corrected chi connectivity index (χ4v) is 2.35. The van der Waals surface area contributed by atoms with E-state index in [1.54, 1.807) is 6.07 Å². The molecule has 0 aliphatic heterocycles. The average Bonchev–Trinajstić information content (AvgIpc) is 2.71. The third kappa shape index (κ3) is 6.16. The number of rotatable bonds is 8. The third-order valence-corrected chi connectivity index (χ3v) is 3.61. The van der Waals surface area contributed by atoms with Gasteiger partial charge in [-0.05, 0) is 30.3 Å². The van der Waals surface area contributed by atoms with Crippen molar-refractivity contribution in [2.45, 2.75) is 6.61 Å². The molecule has 0 heterocycles. The zero-order chi connectivity index (χ0) is 21.4. The molecule has 8 nitrogen and oxygen atoms in total. The highest BCUT2D eigenvalue weighted by molar-refractivity contribution is 5.98. The molecule has 1 amide bonds. The summed E-state index contributed by atoms with van der Waals surface area (Å²) in [4.78, 5) is 35.7. The van der Waals surface area contributed by atoms with Gasteiger partial charge in [0.2, 0.25) is 5.91 Å². The highest BCUT2D eigenvalue weighted by Crippen LogP contribution is 2.25. The van der Waals surface area contributed by atoms with Gasteiger partial charge >= 0.3 is 18.6 Å². The lowest BCUT2D eigenvalue weighted by Crippen LogP contribution is -2.22. The van der Waals surface area contributed by atoms with Crippen molar-refractivity contribution in [3.8, 4) is 5.75 Å². The first kappa shape index (κ1) is 21.6. The fourth-order valence-electron chi connectivity index (χ4n) is 2.35. The van der Waals surface area contributed by atoms with Crippen LogP contribution in [0.2, 0.25) is 0 Å². The lowest BCUT2D eigenvalue weighted by Gasteiger charge is -2.13. The van der Waals surface area contributed by atoms with E-state index in [0.29, 0.717) is 0 Å². The van der Waals surface area contributed by atoms with Crippen LogP contribution in [0.1, 0.15) is 20.7 Å². The van der Waals surface area contributed by atoms with Gasteiger partial charge in [0.25, 0.3) is 0 Å². The van der Waals surface area contributed by atoms with Crippen molar-refractivity contribution in [1.29, 1.82) is 0 Å². The first-order chi connectivity index (χ1) is 13.8. The largest absolute Gasteiger partial charge is 0.465 e. The summed E-state index contributed by atoms with van der Waals surface area (Å²) >= 11 is 0. The molecule has 10 heteroatoms. The first-order valence-corrected chi connectivity index (χ1v) is 8.23. The average molecular weight is 408 g/mol. The zero-order valence-corrected chi connectivity index (χ0v) is 15.5. The summed E-state index contributed by atoms with van der Waals surface area (Å²) < 4.78 is 38.5. The summed E-state index contributed by atoms with van der Waals surface area (Å²) in [5.74, 6) is -2.11. The Morgan fingerprint density at radius 1 is 0.966 bits per heavy atom. The van der Waals surface area contributed by atoms with Crippen LogP contribution in [-0.2, 0) is 14.3 Å². The number of benzene rings is 2. The predicted molar refractivity (Wildman–Crippen MR) is 99.3 cm³/mol. The molecule has 2 aromatic rings. The molecule has 2 N–H and O–H groups in total. The molecule has 0 spiro atoms. The molecule has 29 heavy (non-hydrogen) atoms. The molecule has 0 saturated heterocycles. The maximum Gasteiger partial charge on any atom is 0.387 e. The van der Waals surface area contributed by atoms with Crippen molar-refractivity contribution in [3.63, 3.8) is 0 Å². The maximum atomic E-state index is 12.4. The summed E-state index contributed by atoms with van der Waals surface area (Å²) in [6.45, 7) is -3.32. The first-order valence-electron chi connectivity index (χ1n) is 8.23. The van der Waals surface area contributed by atoms with Gasteiger partial charge in [0.15, 0.2) is 0 Å². The van der Waals surface area contributed by atoms with Crippen molar-refractivity contribution < 1.29 is 37.4 Å². The monoisotopic (exact) mass is 408 g/mol. The summed E-state index contributed by atoms with van der Waals surface area (Å²) in [5, 5.41) is 5.19. The number of carbonyl (C=O) groups excluding carboxylic acids is 3. The van der Waals surface area contributed by atoms with E-state index in [2.05, 4.69) is 24.8 Å². The van der Waals surface area contributed by atoms with Crippen LogP contribution in [0.4, 0.5) is 20.2 Å². The van der Waals surface area contributed by atoms with Gasteiger partial charge in [-0.25, -0.2) is 9.59 Å². The molecule has 0 radical (unpaired) electrons. The van der Waals surface area contributed by atoms with Gasteiger partial charge in [0, 0.05) is 5.69 Å². The van der Waals surface area contributed by atoms with E-state index in [0.717, 1.165) is 0 Å². The second kappa shape index (κ2) is 10.0. The summed E-state index contributed by atoms with van der Waals surface area (Å²) in [7, 11) is 2.37. The van der Waals surface area contributed by atoms with Crippen molar-refractivity contribution >= 4 is 29.2 Å². The van der Waals surface area contributed by atoms with Crippen LogP contribution in [-0.4, -0.2) is 45.2 Å². The van der Waals surface area contributed by atoms with Crippen LogP contribution in [0.15, 0.2) is 42.5 Å². The molecule has 0 bridgehead atoms. The van der Waals surface area contributed by atoms with E-state index in [9.17, 15) is 23.2 Å². The number of hydrogen-bond donors (Lipinski definition) is 2. The number of ether oxygens (including phenoxy) is 3. The normalized spacial score (nSPS) is 10.2. The van der Waals surface area contributed by atoms with Gasteiger partial charge < -0.3 is 24.8 Å². The molecule has 0 atom stereocenters.